The summed E-state index contributed by atoms with van der Waals surface area (Å²) >= 11 is 0. The molecular formula is C15H18N2O2. The van der Waals surface area contributed by atoms with Crippen LogP contribution in [0.2, 0.25) is 0 Å². The Kier molecular flexibility index (Phi) is 3.42. The van der Waals surface area contributed by atoms with Gasteiger partial charge < -0.3 is 4.74 Å². The summed E-state index contributed by atoms with van der Waals surface area (Å²) in [4.78, 5) is 12.2. The van der Waals surface area contributed by atoms with E-state index in [4.69, 9.17) is 4.74 Å². The fourth-order valence-electron chi connectivity index (χ4n) is 1.82. The SMILES string of the molecule is COc1ccccc1-n1cc(C(=O)C(C)(C)C)cn1. The van der Waals surface area contributed by atoms with Crippen LogP contribution < -0.4 is 4.74 Å². The van der Waals surface area contributed by atoms with Crippen LogP contribution in [-0.4, -0.2) is 22.7 Å². The molecule has 0 N–H and O–H groups in total. The summed E-state index contributed by atoms with van der Waals surface area (Å²) < 4.78 is 6.96. The molecule has 0 radical (unpaired) electrons. The second-order valence-electron chi connectivity index (χ2n) is 5.42. The highest BCUT2D eigenvalue weighted by molar-refractivity contribution is 5.99. The van der Waals surface area contributed by atoms with E-state index in [1.807, 2.05) is 45.0 Å². The molecule has 2 rings (SSSR count). The molecule has 0 atom stereocenters. The van der Waals surface area contributed by atoms with E-state index in [1.54, 1.807) is 24.2 Å². The van der Waals surface area contributed by atoms with Gasteiger partial charge in [0.25, 0.3) is 0 Å². The zero-order chi connectivity index (χ0) is 14.0. The Morgan fingerprint density at radius 3 is 2.58 bits per heavy atom. The van der Waals surface area contributed by atoms with Crippen LogP contribution in [0.15, 0.2) is 36.7 Å². The average molecular weight is 258 g/mol. The molecule has 2 aromatic rings. The third-order valence-corrected chi connectivity index (χ3v) is 2.86. The number of ketones is 1. The smallest absolute Gasteiger partial charge is 0.171 e. The maximum Gasteiger partial charge on any atom is 0.171 e. The van der Waals surface area contributed by atoms with Crippen LogP contribution >= 0.6 is 0 Å². The Morgan fingerprint density at radius 1 is 1.26 bits per heavy atom. The lowest BCUT2D eigenvalue weighted by Gasteiger charge is -2.14. The molecule has 4 heteroatoms. The van der Waals surface area contributed by atoms with E-state index in [9.17, 15) is 4.79 Å². The topological polar surface area (TPSA) is 44.1 Å². The van der Waals surface area contributed by atoms with Gasteiger partial charge in [-0.05, 0) is 12.1 Å². The first-order valence-corrected chi connectivity index (χ1v) is 6.16. The van der Waals surface area contributed by atoms with Crippen LogP contribution in [0.25, 0.3) is 5.69 Å². The van der Waals surface area contributed by atoms with E-state index in [-0.39, 0.29) is 5.78 Å². The van der Waals surface area contributed by atoms with Crippen molar-refractivity contribution >= 4 is 5.78 Å². The van der Waals surface area contributed by atoms with Gasteiger partial charge in [-0.2, -0.15) is 5.10 Å². The largest absolute Gasteiger partial charge is 0.494 e. The summed E-state index contributed by atoms with van der Waals surface area (Å²) in [6, 6.07) is 7.57. The molecule has 0 saturated heterocycles. The lowest BCUT2D eigenvalue weighted by molar-refractivity contribution is 0.0858. The van der Waals surface area contributed by atoms with E-state index >= 15 is 0 Å². The fourth-order valence-corrected chi connectivity index (χ4v) is 1.82. The zero-order valence-corrected chi connectivity index (χ0v) is 11.7. The Hall–Kier alpha value is -2.10. The maximum atomic E-state index is 12.2. The third-order valence-electron chi connectivity index (χ3n) is 2.86. The summed E-state index contributed by atoms with van der Waals surface area (Å²) in [6.45, 7) is 5.70. The highest BCUT2D eigenvalue weighted by Gasteiger charge is 2.24. The van der Waals surface area contributed by atoms with Gasteiger partial charge in [0.1, 0.15) is 11.4 Å². The minimum atomic E-state index is -0.408. The number of aromatic nitrogens is 2. The van der Waals surface area contributed by atoms with Crippen LogP contribution in [0.5, 0.6) is 5.75 Å². The van der Waals surface area contributed by atoms with Crippen molar-refractivity contribution in [1.82, 2.24) is 9.78 Å². The second-order valence-corrected chi connectivity index (χ2v) is 5.42. The lowest BCUT2D eigenvalue weighted by atomic mass is 9.88. The molecule has 0 spiro atoms. The number of hydrogen-bond donors (Lipinski definition) is 0. The third kappa shape index (κ3) is 2.67. The van der Waals surface area contributed by atoms with Crippen molar-refractivity contribution < 1.29 is 9.53 Å². The molecule has 19 heavy (non-hydrogen) atoms. The van der Waals surface area contributed by atoms with Gasteiger partial charge in [0.2, 0.25) is 0 Å². The number of rotatable bonds is 3. The van der Waals surface area contributed by atoms with Crippen molar-refractivity contribution in [2.45, 2.75) is 20.8 Å². The van der Waals surface area contributed by atoms with E-state index in [2.05, 4.69) is 5.10 Å². The molecule has 0 fully saturated rings. The fraction of sp³-hybridized carbons (Fsp3) is 0.333. The molecule has 0 bridgehead atoms. The van der Waals surface area contributed by atoms with Gasteiger partial charge in [0.15, 0.2) is 5.78 Å². The summed E-state index contributed by atoms with van der Waals surface area (Å²) in [5.41, 5.74) is 1.02. The first-order valence-electron chi connectivity index (χ1n) is 6.16. The molecule has 1 aromatic heterocycles. The Morgan fingerprint density at radius 2 is 1.95 bits per heavy atom. The highest BCUT2D eigenvalue weighted by atomic mass is 16.5. The van der Waals surface area contributed by atoms with Crippen molar-refractivity contribution in [2.24, 2.45) is 5.41 Å². The molecule has 0 amide bonds. The molecule has 0 saturated carbocycles. The number of carbonyl (C=O) groups excluding carboxylic acids is 1. The van der Waals surface area contributed by atoms with E-state index in [0.717, 1.165) is 11.4 Å². The van der Waals surface area contributed by atoms with Gasteiger partial charge in [-0.25, -0.2) is 4.68 Å². The van der Waals surface area contributed by atoms with Gasteiger partial charge in [-0.1, -0.05) is 32.9 Å². The summed E-state index contributed by atoms with van der Waals surface area (Å²) in [7, 11) is 1.61. The minimum Gasteiger partial charge on any atom is -0.494 e. The maximum absolute atomic E-state index is 12.2. The van der Waals surface area contributed by atoms with Crippen LogP contribution in [-0.2, 0) is 0 Å². The molecular weight excluding hydrogens is 240 g/mol. The van der Waals surface area contributed by atoms with Crippen LogP contribution in [0, 0.1) is 5.41 Å². The molecule has 1 heterocycles. The van der Waals surface area contributed by atoms with Crippen molar-refractivity contribution in [2.75, 3.05) is 7.11 Å². The summed E-state index contributed by atoms with van der Waals surface area (Å²) in [6.07, 6.45) is 3.34. The monoisotopic (exact) mass is 258 g/mol. The molecule has 100 valence electrons. The molecule has 0 aliphatic heterocycles. The van der Waals surface area contributed by atoms with Crippen molar-refractivity contribution in [3.8, 4) is 11.4 Å². The number of ether oxygens (including phenoxy) is 1. The Labute approximate surface area is 113 Å². The van der Waals surface area contributed by atoms with Crippen molar-refractivity contribution in [3.05, 3.63) is 42.2 Å². The first kappa shape index (κ1) is 13.3. The number of Topliss-reactive ketones (excluding diaryl/α,β-unsaturated/α-hetero) is 1. The van der Waals surface area contributed by atoms with Gasteiger partial charge >= 0.3 is 0 Å². The minimum absolute atomic E-state index is 0.0775. The molecule has 1 aromatic carbocycles. The Balaban J connectivity index is 2.39. The molecule has 4 nitrogen and oxygen atoms in total. The van der Waals surface area contributed by atoms with Gasteiger partial charge in [-0.15, -0.1) is 0 Å². The number of para-hydroxylation sites is 2. The van der Waals surface area contributed by atoms with E-state index < -0.39 is 5.41 Å². The van der Waals surface area contributed by atoms with Crippen molar-refractivity contribution in [3.63, 3.8) is 0 Å². The summed E-state index contributed by atoms with van der Waals surface area (Å²) in [5.74, 6) is 0.800. The normalized spacial score (nSPS) is 11.4. The van der Waals surface area contributed by atoms with Crippen LogP contribution in [0.1, 0.15) is 31.1 Å². The Bertz CT molecular complexity index is 594. The number of hydrogen-bond acceptors (Lipinski definition) is 3. The quantitative estimate of drug-likeness (QED) is 0.794. The van der Waals surface area contributed by atoms with E-state index in [0.29, 0.717) is 5.56 Å². The number of carbonyl (C=O) groups is 1. The zero-order valence-electron chi connectivity index (χ0n) is 11.7. The van der Waals surface area contributed by atoms with Crippen LogP contribution in [0.4, 0.5) is 0 Å². The predicted molar refractivity (Wildman–Crippen MR) is 73.9 cm³/mol. The molecule has 0 aliphatic rings. The number of benzene rings is 1. The van der Waals surface area contributed by atoms with Gasteiger partial charge in [-0.3, -0.25) is 4.79 Å². The first-order chi connectivity index (χ1) is 8.93. The van der Waals surface area contributed by atoms with Crippen molar-refractivity contribution in [1.29, 1.82) is 0 Å². The predicted octanol–water partition coefficient (Wildman–Crippen LogP) is 3.11. The summed E-state index contributed by atoms with van der Waals surface area (Å²) in [5, 5.41) is 4.25. The van der Waals surface area contributed by atoms with Gasteiger partial charge in [0.05, 0.1) is 18.9 Å². The average Bonchev–Trinajstić information content (AvgIpc) is 2.86. The second kappa shape index (κ2) is 4.88. The van der Waals surface area contributed by atoms with E-state index in [1.165, 1.54) is 0 Å². The standard InChI is InChI=1S/C15H18N2O2/c1-15(2,3)14(18)11-9-16-17(10-11)12-7-5-6-8-13(12)19-4/h5-10H,1-4H3. The number of nitrogens with zero attached hydrogens (tertiary/aromatic N) is 2. The molecule has 0 aliphatic carbocycles. The van der Waals surface area contributed by atoms with Crippen LogP contribution in [0.3, 0.4) is 0 Å². The number of methoxy groups -OCH3 is 1. The van der Waals surface area contributed by atoms with Gasteiger partial charge in [0, 0.05) is 11.6 Å². The molecule has 0 unspecified atom stereocenters. The highest BCUT2D eigenvalue weighted by Crippen LogP contribution is 2.24. The lowest BCUT2D eigenvalue weighted by Crippen LogP contribution is -2.19.